The molecule has 5 nitrogen and oxygen atoms in total. The minimum absolute atomic E-state index is 0.0796. The maximum atomic E-state index is 12.2. The lowest BCUT2D eigenvalue weighted by Gasteiger charge is -2.15. The van der Waals surface area contributed by atoms with Crippen LogP contribution in [0, 0.1) is 0 Å². The Labute approximate surface area is 297 Å². The lowest BCUT2D eigenvalue weighted by Crippen LogP contribution is -2.28. The molecule has 0 fully saturated rings. The molecule has 0 spiro atoms. The summed E-state index contributed by atoms with van der Waals surface area (Å²) in [5.41, 5.74) is 0. The Morgan fingerprint density at radius 2 is 0.833 bits per heavy atom. The number of aliphatic hydroxyl groups excluding tert-OH is 1. The zero-order valence-electron chi connectivity index (χ0n) is 31.5. The Kier molecular flexibility index (Phi) is 37.5. The molecular weight excluding hydrogens is 596 g/mol. The topological polar surface area (TPSA) is 72.8 Å². The molecule has 0 aliphatic rings. The molecule has 0 aromatic heterocycles. The molecular formula is C43H76O5. The highest BCUT2D eigenvalue weighted by Gasteiger charge is 2.16. The first-order valence-corrected chi connectivity index (χ1v) is 20.2. The lowest BCUT2D eigenvalue weighted by molar-refractivity contribution is -0.161. The van der Waals surface area contributed by atoms with Crippen LogP contribution in [-0.4, -0.2) is 36.4 Å². The summed E-state index contributed by atoms with van der Waals surface area (Å²) >= 11 is 0. The number of carbonyl (C=O) groups is 2. The van der Waals surface area contributed by atoms with Crippen LogP contribution < -0.4 is 0 Å². The molecule has 0 rings (SSSR count). The van der Waals surface area contributed by atoms with Crippen molar-refractivity contribution in [3.05, 3.63) is 48.6 Å². The Bertz CT molecular complexity index is 812. The van der Waals surface area contributed by atoms with Crippen molar-refractivity contribution in [1.29, 1.82) is 0 Å². The molecule has 0 heterocycles. The number of esters is 2. The number of carbonyl (C=O) groups excluding carboxylic acids is 2. The van der Waals surface area contributed by atoms with Crippen molar-refractivity contribution < 1.29 is 24.2 Å². The van der Waals surface area contributed by atoms with Gasteiger partial charge in [0.25, 0.3) is 0 Å². The highest BCUT2D eigenvalue weighted by Crippen LogP contribution is 2.13. The molecule has 0 aromatic rings. The van der Waals surface area contributed by atoms with Crippen LogP contribution in [0.1, 0.15) is 194 Å². The summed E-state index contributed by atoms with van der Waals surface area (Å²) in [7, 11) is 0. The Hall–Kier alpha value is -2.14. The summed E-state index contributed by atoms with van der Waals surface area (Å²) in [5, 5.41) is 9.56. The first-order chi connectivity index (χ1) is 23.6. The standard InChI is InChI=1S/C43H76O5/c1-3-5-7-9-11-13-15-17-19-21-23-25-27-29-31-33-35-37-42(45)47-40-41(39-44)48-43(46)38-36-34-32-30-28-26-24-22-20-18-16-14-12-10-8-6-4-2/h11,13,17-20,23,25,41,44H,3-10,12,14-16,21-22,24,26-40H2,1-2H3/b13-11+,19-17+,20-18+,25-23+/t41-/m0/s1. The van der Waals surface area contributed by atoms with Gasteiger partial charge >= 0.3 is 11.9 Å². The van der Waals surface area contributed by atoms with Crippen LogP contribution in [0.3, 0.4) is 0 Å². The number of aliphatic hydroxyl groups is 1. The van der Waals surface area contributed by atoms with E-state index in [9.17, 15) is 14.7 Å². The summed E-state index contributed by atoms with van der Waals surface area (Å²) in [6.07, 6.45) is 48.8. The molecule has 0 aliphatic carbocycles. The summed E-state index contributed by atoms with van der Waals surface area (Å²) in [6, 6.07) is 0. The first kappa shape index (κ1) is 45.9. The third kappa shape index (κ3) is 36.7. The maximum Gasteiger partial charge on any atom is 0.306 e. The normalized spacial score (nSPS) is 12.6. The summed E-state index contributed by atoms with van der Waals surface area (Å²) in [5.74, 6) is -0.621. The smallest absolute Gasteiger partial charge is 0.306 e. The fraction of sp³-hybridized carbons (Fsp3) is 0.767. The summed E-state index contributed by atoms with van der Waals surface area (Å²) in [6.45, 7) is 4.08. The van der Waals surface area contributed by atoms with Gasteiger partial charge < -0.3 is 14.6 Å². The summed E-state index contributed by atoms with van der Waals surface area (Å²) in [4.78, 5) is 24.3. The predicted molar refractivity (Wildman–Crippen MR) is 205 cm³/mol. The van der Waals surface area contributed by atoms with Gasteiger partial charge in [0.15, 0.2) is 6.10 Å². The second-order valence-corrected chi connectivity index (χ2v) is 13.4. The third-order valence-corrected chi connectivity index (χ3v) is 8.60. The van der Waals surface area contributed by atoms with E-state index in [0.29, 0.717) is 12.8 Å². The van der Waals surface area contributed by atoms with Crippen molar-refractivity contribution in [2.75, 3.05) is 13.2 Å². The van der Waals surface area contributed by atoms with Crippen molar-refractivity contribution in [1.82, 2.24) is 0 Å². The number of hydrogen-bond acceptors (Lipinski definition) is 5. The van der Waals surface area contributed by atoms with Crippen molar-refractivity contribution in [2.24, 2.45) is 0 Å². The van der Waals surface area contributed by atoms with Crippen LogP contribution in [0.15, 0.2) is 48.6 Å². The highest BCUT2D eigenvalue weighted by atomic mass is 16.6. The molecule has 48 heavy (non-hydrogen) atoms. The fourth-order valence-electron chi connectivity index (χ4n) is 5.50. The van der Waals surface area contributed by atoms with Gasteiger partial charge in [-0.3, -0.25) is 9.59 Å². The average Bonchev–Trinajstić information content (AvgIpc) is 3.09. The van der Waals surface area contributed by atoms with Gasteiger partial charge in [0.05, 0.1) is 6.61 Å². The van der Waals surface area contributed by atoms with Gasteiger partial charge in [-0.1, -0.05) is 152 Å². The van der Waals surface area contributed by atoms with Gasteiger partial charge in [0, 0.05) is 12.8 Å². The molecule has 0 aromatic carbocycles. The van der Waals surface area contributed by atoms with Gasteiger partial charge in [-0.15, -0.1) is 0 Å². The van der Waals surface area contributed by atoms with Crippen molar-refractivity contribution in [3.8, 4) is 0 Å². The van der Waals surface area contributed by atoms with Crippen LogP contribution in [0.4, 0.5) is 0 Å². The zero-order chi connectivity index (χ0) is 35.0. The maximum absolute atomic E-state index is 12.2. The van der Waals surface area contributed by atoms with Crippen LogP contribution >= 0.6 is 0 Å². The van der Waals surface area contributed by atoms with Gasteiger partial charge in [-0.05, 0) is 77.0 Å². The zero-order valence-corrected chi connectivity index (χ0v) is 31.5. The van der Waals surface area contributed by atoms with Crippen molar-refractivity contribution in [3.63, 3.8) is 0 Å². The number of ether oxygens (including phenoxy) is 2. The molecule has 0 saturated carbocycles. The molecule has 0 aliphatic heterocycles. The molecule has 1 N–H and O–H groups in total. The van der Waals surface area contributed by atoms with E-state index in [2.05, 4.69) is 62.5 Å². The van der Waals surface area contributed by atoms with E-state index in [4.69, 9.17) is 9.47 Å². The van der Waals surface area contributed by atoms with E-state index >= 15 is 0 Å². The van der Waals surface area contributed by atoms with E-state index in [-0.39, 0.29) is 25.2 Å². The monoisotopic (exact) mass is 673 g/mol. The van der Waals surface area contributed by atoms with Crippen molar-refractivity contribution in [2.45, 2.75) is 200 Å². The molecule has 0 unspecified atom stereocenters. The SMILES string of the molecule is CCCCC/C=C/C/C=C/C/C=C/CCCCCCC(=O)OC[C@H](CO)OC(=O)CCCCCCCCC/C=C/CCCCCCCC. The number of hydrogen-bond donors (Lipinski definition) is 1. The highest BCUT2D eigenvalue weighted by molar-refractivity contribution is 5.70. The largest absolute Gasteiger partial charge is 0.462 e. The van der Waals surface area contributed by atoms with E-state index in [1.54, 1.807) is 0 Å². The number of allylic oxidation sites excluding steroid dienone is 8. The van der Waals surface area contributed by atoms with Gasteiger partial charge in [-0.2, -0.15) is 0 Å². The van der Waals surface area contributed by atoms with Crippen LogP contribution in [0.25, 0.3) is 0 Å². The van der Waals surface area contributed by atoms with Crippen LogP contribution in [-0.2, 0) is 19.1 Å². The van der Waals surface area contributed by atoms with Crippen LogP contribution in [0.5, 0.6) is 0 Å². The first-order valence-electron chi connectivity index (χ1n) is 20.2. The van der Waals surface area contributed by atoms with E-state index < -0.39 is 6.10 Å². The molecule has 1 atom stereocenters. The van der Waals surface area contributed by atoms with E-state index in [0.717, 1.165) is 64.2 Å². The third-order valence-electron chi connectivity index (χ3n) is 8.60. The molecule has 5 heteroatoms. The molecule has 278 valence electrons. The van der Waals surface area contributed by atoms with Gasteiger partial charge in [0.1, 0.15) is 6.61 Å². The van der Waals surface area contributed by atoms with Crippen molar-refractivity contribution >= 4 is 11.9 Å². The molecule has 0 saturated heterocycles. The Morgan fingerprint density at radius 1 is 0.479 bits per heavy atom. The summed E-state index contributed by atoms with van der Waals surface area (Å²) < 4.78 is 10.6. The van der Waals surface area contributed by atoms with Gasteiger partial charge in [-0.25, -0.2) is 0 Å². The predicted octanol–water partition coefficient (Wildman–Crippen LogP) is 12.6. The van der Waals surface area contributed by atoms with Gasteiger partial charge in [0.2, 0.25) is 0 Å². The fourth-order valence-corrected chi connectivity index (χ4v) is 5.50. The minimum Gasteiger partial charge on any atom is -0.462 e. The average molecular weight is 673 g/mol. The quantitative estimate of drug-likeness (QED) is 0.0407. The van der Waals surface area contributed by atoms with Crippen LogP contribution in [0.2, 0.25) is 0 Å². The number of unbranched alkanes of at least 4 members (excludes halogenated alkanes) is 20. The molecule has 0 radical (unpaired) electrons. The van der Waals surface area contributed by atoms with E-state index in [1.165, 1.54) is 103 Å². The second kappa shape index (κ2) is 39.3. The van der Waals surface area contributed by atoms with E-state index in [1.807, 2.05) is 0 Å². The molecule has 0 bridgehead atoms. The minimum atomic E-state index is -0.782. The lowest BCUT2D eigenvalue weighted by atomic mass is 10.1. The molecule has 0 amide bonds. The Morgan fingerprint density at radius 3 is 1.31 bits per heavy atom. The Balaban J connectivity index is 3.61. The second-order valence-electron chi connectivity index (χ2n) is 13.4. The number of rotatable bonds is 36.